The van der Waals surface area contributed by atoms with E-state index in [2.05, 4.69) is 10.4 Å². The smallest absolute Gasteiger partial charge is 0.246 e. The summed E-state index contributed by atoms with van der Waals surface area (Å²) < 4.78 is 28.2. The molecule has 100 valence electrons. The van der Waals surface area contributed by atoms with Crippen LogP contribution in [0.2, 0.25) is 0 Å². The van der Waals surface area contributed by atoms with Crippen molar-refractivity contribution >= 4 is 10.0 Å². The first-order valence-corrected chi connectivity index (χ1v) is 7.65. The Morgan fingerprint density at radius 1 is 1.44 bits per heavy atom. The molecule has 2 aliphatic rings. The van der Waals surface area contributed by atoms with Gasteiger partial charge in [0, 0.05) is 25.8 Å². The monoisotopic (exact) mass is 270 g/mol. The summed E-state index contributed by atoms with van der Waals surface area (Å²) in [6.45, 7) is 4.47. The van der Waals surface area contributed by atoms with Crippen LogP contribution in [0.1, 0.15) is 6.92 Å². The summed E-state index contributed by atoms with van der Waals surface area (Å²) in [6, 6.07) is 0.0650. The lowest BCUT2D eigenvalue weighted by atomic mass is 9.95. The molecule has 0 bridgehead atoms. The van der Waals surface area contributed by atoms with Crippen molar-refractivity contribution < 1.29 is 8.42 Å². The van der Waals surface area contributed by atoms with E-state index in [1.807, 2.05) is 6.92 Å². The van der Waals surface area contributed by atoms with Gasteiger partial charge in [0.1, 0.15) is 4.90 Å². The fraction of sp³-hybridized carbons (Fsp3) is 0.727. The Kier molecular flexibility index (Phi) is 2.72. The molecule has 3 rings (SSSR count). The van der Waals surface area contributed by atoms with E-state index >= 15 is 0 Å². The molecule has 2 saturated heterocycles. The lowest BCUT2D eigenvalue weighted by Gasteiger charge is -2.23. The summed E-state index contributed by atoms with van der Waals surface area (Å²) in [6.07, 6.45) is 2.99. The Balaban J connectivity index is 1.91. The molecule has 1 aromatic heterocycles. The van der Waals surface area contributed by atoms with Crippen molar-refractivity contribution in [2.45, 2.75) is 17.9 Å². The number of fused-ring (bicyclic) bond motifs is 1. The van der Waals surface area contributed by atoms with Gasteiger partial charge in [0.05, 0.1) is 6.20 Å². The zero-order valence-corrected chi connectivity index (χ0v) is 11.4. The fourth-order valence-corrected chi connectivity index (χ4v) is 4.83. The highest BCUT2D eigenvalue weighted by atomic mass is 32.2. The summed E-state index contributed by atoms with van der Waals surface area (Å²) in [5.41, 5.74) is 0. The molecule has 3 atom stereocenters. The number of aryl methyl sites for hydroxylation is 1. The van der Waals surface area contributed by atoms with Crippen molar-refractivity contribution in [2.24, 2.45) is 18.9 Å². The molecule has 0 aromatic carbocycles. The maximum atomic E-state index is 12.5. The van der Waals surface area contributed by atoms with Crippen molar-refractivity contribution in [3.8, 4) is 0 Å². The first kappa shape index (κ1) is 12.1. The van der Waals surface area contributed by atoms with Crippen molar-refractivity contribution in [3.63, 3.8) is 0 Å². The van der Waals surface area contributed by atoms with Crippen molar-refractivity contribution in [1.82, 2.24) is 19.4 Å². The minimum absolute atomic E-state index is 0.0650. The number of rotatable bonds is 2. The highest BCUT2D eigenvalue weighted by molar-refractivity contribution is 7.89. The van der Waals surface area contributed by atoms with Crippen LogP contribution in [-0.2, 0) is 17.1 Å². The summed E-state index contributed by atoms with van der Waals surface area (Å²) in [7, 11) is -1.66. The first-order valence-electron chi connectivity index (χ1n) is 6.21. The van der Waals surface area contributed by atoms with Crippen molar-refractivity contribution in [2.75, 3.05) is 19.6 Å². The predicted octanol–water partition coefficient (Wildman–Crippen LogP) is -0.351. The second-order valence-electron chi connectivity index (χ2n) is 5.25. The molecular formula is C11H18N4O2S. The molecule has 1 aromatic rings. The van der Waals surface area contributed by atoms with Crippen LogP contribution in [0.25, 0.3) is 0 Å². The third-order valence-corrected chi connectivity index (χ3v) is 6.07. The number of nitrogens with zero attached hydrogens (tertiary/aromatic N) is 3. The standard InChI is InChI=1S/C11H18N4O2S/c1-8-11-5-12-3-9(11)6-15(8)18(16,17)10-4-13-14(2)7-10/h4,7-9,11-12H,3,5-6H2,1-2H3. The van der Waals surface area contributed by atoms with E-state index in [4.69, 9.17) is 0 Å². The van der Waals surface area contributed by atoms with Crippen LogP contribution in [0.5, 0.6) is 0 Å². The lowest BCUT2D eigenvalue weighted by molar-refractivity contribution is 0.360. The predicted molar refractivity (Wildman–Crippen MR) is 66.4 cm³/mol. The van der Waals surface area contributed by atoms with Crippen molar-refractivity contribution in [3.05, 3.63) is 12.4 Å². The fourth-order valence-electron chi connectivity index (χ4n) is 3.11. The van der Waals surface area contributed by atoms with E-state index in [0.717, 1.165) is 13.1 Å². The number of sulfonamides is 1. The molecule has 0 saturated carbocycles. The molecule has 3 heterocycles. The molecule has 2 fully saturated rings. The van der Waals surface area contributed by atoms with Crippen LogP contribution in [0.3, 0.4) is 0 Å². The average Bonchev–Trinajstić information content (AvgIpc) is 2.96. The van der Waals surface area contributed by atoms with Crippen LogP contribution in [0.15, 0.2) is 17.3 Å². The Bertz CT molecular complexity index is 553. The maximum Gasteiger partial charge on any atom is 0.246 e. The number of hydrogen-bond donors (Lipinski definition) is 1. The van der Waals surface area contributed by atoms with Gasteiger partial charge in [0.25, 0.3) is 0 Å². The Morgan fingerprint density at radius 3 is 2.83 bits per heavy atom. The van der Waals surface area contributed by atoms with E-state index in [0.29, 0.717) is 23.3 Å². The van der Waals surface area contributed by atoms with Gasteiger partial charge >= 0.3 is 0 Å². The molecule has 6 nitrogen and oxygen atoms in total. The molecule has 0 spiro atoms. The number of nitrogens with one attached hydrogen (secondary N) is 1. The minimum Gasteiger partial charge on any atom is -0.316 e. The first-order chi connectivity index (χ1) is 8.50. The molecular weight excluding hydrogens is 252 g/mol. The molecule has 3 unspecified atom stereocenters. The minimum atomic E-state index is -3.39. The summed E-state index contributed by atoms with van der Waals surface area (Å²) >= 11 is 0. The largest absolute Gasteiger partial charge is 0.316 e. The SMILES string of the molecule is CC1C2CNCC2CN1S(=O)(=O)c1cnn(C)c1. The average molecular weight is 270 g/mol. The lowest BCUT2D eigenvalue weighted by Crippen LogP contribution is -2.37. The van der Waals surface area contributed by atoms with Gasteiger partial charge in [-0.2, -0.15) is 9.40 Å². The second kappa shape index (κ2) is 4.04. The Labute approximate surface area is 107 Å². The molecule has 2 aliphatic heterocycles. The summed E-state index contributed by atoms with van der Waals surface area (Å²) in [5.74, 6) is 0.892. The van der Waals surface area contributed by atoms with E-state index in [1.54, 1.807) is 17.5 Å². The van der Waals surface area contributed by atoms with Gasteiger partial charge in [-0.25, -0.2) is 8.42 Å². The molecule has 0 radical (unpaired) electrons. The Hall–Kier alpha value is -0.920. The van der Waals surface area contributed by atoms with Gasteiger partial charge in [-0.1, -0.05) is 0 Å². The Morgan fingerprint density at radius 2 is 2.22 bits per heavy atom. The van der Waals surface area contributed by atoms with Gasteiger partial charge in [0.15, 0.2) is 0 Å². The highest BCUT2D eigenvalue weighted by Crippen LogP contribution is 2.35. The van der Waals surface area contributed by atoms with Crippen LogP contribution in [0, 0.1) is 11.8 Å². The zero-order chi connectivity index (χ0) is 12.9. The van der Waals surface area contributed by atoms with Crippen LogP contribution < -0.4 is 5.32 Å². The topological polar surface area (TPSA) is 67.2 Å². The van der Waals surface area contributed by atoms with E-state index in [-0.39, 0.29) is 6.04 Å². The van der Waals surface area contributed by atoms with E-state index in [9.17, 15) is 8.42 Å². The second-order valence-corrected chi connectivity index (χ2v) is 7.14. The highest BCUT2D eigenvalue weighted by Gasteiger charge is 2.47. The van der Waals surface area contributed by atoms with E-state index < -0.39 is 10.0 Å². The van der Waals surface area contributed by atoms with Gasteiger partial charge in [-0.3, -0.25) is 4.68 Å². The molecule has 0 aliphatic carbocycles. The van der Waals surface area contributed by atoms with E-state index in [1.165, 1.54) is 10.9 Å². The van der Waals surface area contributed by atoms with Crippen LogP contribution in [-0.4, -0.2) is 48.2 Å². The molecule has 7 heteroatoms. The quantitative estimate of drug-likeness (QED) is 0.797. The van der Waals surface area contributed by atoms with Crippen molar-refractivity contribution in [1.29, 1.82) is 0 Å². The molecule has 0 amide bonds. The number of aromatic nitrogens is 2. The molecule has 1 N–H and O–H groups in total. The van der Waals surface area contributed by atoms with Gasteiger partial charge in [-0.05, 0) is 31.8 Å². The third-order valence-electron chi connectivity index (χ3n) is 4.17. The molecule has 18 heavy (non-hydrogen) atoms. The zero-order valence-electron chi connectivity index (χ0n) is 10.6. The van der Waals surface area contributed by atoms with Gasteiger partial charge in [0.2, 0.25) is 10.0 Å². The summed E-state index contributed by atoms with van der Waals surface area (Å²) in [4.78, 5) is 0.296. The van der Waals surface area contributed by atoms with Crippen LogP contribution >= 0.6 is 0 Å². The third kappa shape index (κ3) is 1.69. The van der Waals surface area contributed by atoms with Gasteiger partial charge < -0.3 is 5.32 Å². The normalized spacial score (nSPS) is 32.9. The number of hydrogen-bond acceptors (Lipinski definition) is 4. The van der Waals surface area contributed by atoms with Gasteiger partial charge in [-0.15, -0.1) is 0 Å². The summed E-state index contributed by atoms with van der Waals surface area (Å²) in [5, 5.41) is 7.28. The maximum absolute atomic E-state index is 12.5. The van der Waals surface area contributed by atoms with Crippen LogP contribution in [0.4, 0.5) is 0 Å².